The monoisotopic (exact) mass is 329 g/mol. The molecule has 5 nitrogen and oxygen atoms in total. The molecular formula is C18H24FN5. The van der Waals surface area contributed by atoms with Gasteiger partial charge in [0.25, 0.3) is 0 Å². The molecule has 1 aromatic rings. The zero-order valence-electron chi connectivity index (χ0n) is 14.1. The Morgan fingerprint density at radius 3 is 2.92 bits per heavy atom. The van der Waals surface area contributed by atoms with E-state index in [2.05, 4.69) is 16.9 Å². The van der Waals surface area contributed by atoms with Crippen LogP contribution in [0.4, 0.5) is 10.2 Å². The van der Waals surface area contributed by atoms with Gasteiger partial charge in [0.05, 0.1) is 12.4 Å². The van der Waals surface area contributed by atoms with Crippen molar-refractivity contribution in [3.05, 3.63) is 59.6 Å². The number of hydrogen-bond acceptors (Lipinski definition) is 4. The zero-order valence-corrected chi connectivity index (χ0v) is 14.1. The fourth-order valence-corrected chi connectivity index (χ4v) is 2.50. The first-order chi connectivity index (χ1) is 11.5. The number of aliphatic imine (C=N–C) groups is 1. The molecule has 1 aliphatic rings. The summed E-state index contributed by atoms with van der Waals surface area (Å²) in [5, 5.41) is 1.56. The molecule has 24 heavy (non-hydrogen) atoms. The van der Waals surface area contributed by atoms with Gasteiger partial charge in [-0.15, -0.1) is 0 Å². The summed E-state index contributed by atoms with van der Waals surface area (Å²) in [6.45, 7) is 4.79. The van der Waals surface area contributed by atoms with E-state index in [4.69, 9.17) is 11.6 Å². The highest BCUT2D eigenvalue weighted by atomic mass is 19.1. The van der Waals surface area contributed by atoms with Crippen molar-refractivity contribution >= 4 is 11.7 Å². The Morgan fingerprint density at radius 2 is 2.17 bits per heavy atom. The molecule has 0 radical (unpaired) electrons. The van der Waals surface area contributed by atoms with Crippen LogP contribution < -0.4 is 16.6 Å². The van der Waals surface area contributed by atoms with Crippen molar-refractivity contribution in [3.8, 4) is 0 Å². The lowest BCUT2D eigenvalue weighted by Crippen LogP contribution is -2.35. The van der Waals surface area contributed by atoms with Crippen molar-refractivity contribution in [1.82, 2.24) is 4.98 Å². The fraction of sp³-hybridized carbons (Fsp3) is 0.333. The van der Waals surface area contributed by atoms with Crippen LogP contribution in [0.1, 0.15) is 31.7 Å². The highest BCUT2D eigenvalue weighted by Gasteiger charge is 2.16. The number of nitrogens with two attached hydrogens (primary N) is 2. The van der Waals surface area contributed by atoms with Gasteiger partial charge in [-0.05, 0) is 24.6 Å². The molecule has 1 unspecified atom stereocenters. The van der Waals surface area contributed by atoms with E-state index in [0.29, 0.717) is 24.7 Å². The molecule has 0 spiro atoms. The SMILES string of the molecule is CC(N)=NCC(C)c1cccnc1N(N)CC1=CC=CC=C(F)C1. The minimum Gasteiger partial charge on any atom is -0.388 e. The summed E-state index contributed by atoms with van der Waals surface area (Å²) < 4.78 is 13.6. The Morgan fingerprint density at radius 1 is 1.42 bits per heavy atom. The number of nitrogens with zero attached hydrogens (tertiary/aromatic N) is 3. The molecule has 0 bridgehead atoms. The standard InChI is InChI=1S/C18H24FN5/c1-13(11-23-14(2)20)17-8-5-9-22-18(17)24(21)12-15-6-3-4-7-16(19)10-15/h3-9,13H,10-12,21H2,1-2H3,(H2,20,23). The van der Waals surface area contributed by atoms with Crippen LogP contribution in [0.15, 0.2) is 59.0 Å². The van der Waals surface area contributed by atoms with E-state index in [0.717, 1.165) is 11.1 Å². The van der Waals surface area contributed by atoms with Gasteiger partial charge in [-0.2, -0.15) is 0 Å². The molecule has 1 heterocycles. The average molecular weight is 329 g/mol. The van der Waals surface area contributed by atoms with E-state index >= 15 is 0 Å². The summed E-state index contributed by atoms with van der Waals surface area (Å²) >= 11 is 0. The van der Waals surface area contributed by atoms with E-state index in [1.54, 1.807) is 24.2 Å². The summed E-state index contributed by atoms with van der Waals surface area (Å²) in [4.78, 5) is 8.67. The third-order valence-corrected chi connectivity index (χ3v) is 3.72. The van der Waals surface area contributed by atoms with Gasteiger partial charge >= 0.3 is 0 Å². The van der Waals surface area contributed by atoms with Gasteiger partial charge in [0.2, 0.25) is 0 Å². The largest absolute Gasteiger partial charge is 0.388 e. The van der Waals surface area contributed by atoms with Crippen molar-refractivity contribution in [2.75, 3.05) is 18.1 Å². The summed E-state index contributed by atoms with van der Waals surface area (Å²) in [7, 11) is 0. The van der Waals surface area contributed by atoms with Crippen LogP contribution in [0.5, 0.6) is 0 Å². The number of pyridine rings is 1. The zero-order chi connectivity index (χ0) is 17.5. The molecule has 0 fully saturated rings. The first-order valence-corrected chi connectivity index (χ1v) is 7.91. The van der Waals surface area contributed by atoms with Crippen LogP contribution in [0.2, 0.25) is 0 Å². The van der Waals surface area contributed by atoms with E-state index in [-0.39, 0.29) is 18.2 Å². The predicted octanol–water partition coefficient (Wildman–Crippen LogP) is 2.98. The highest BCUT2D eigenvalue weighted by molar-refractivity contribution is 5.77. The summed E-state index contributed by atoms with van der Waals surface area (Å²) in [6, 6.07) is 3.86. The Hall–Kier alpha value is -2.47. The van der Waals surface area contributed by atoms with Crippen molar-refractivity contribution < 1.29 is 4.39 Å². The quantitative estimate of drug-likeness (QED) is 0.364. The molecule has 0 aromatic carbocycles. The molecule has 1 aliphatic carbocycles. The molecule has 4 N–H and O–H groups in total. The maximum Gasteiger partial charge on any atom is 0.146 e. The second-order valence-corrected chi connectivity index (χ2v) is 5.93. The van der Waals surface area contributed by atoms with Crippen molar-refractivity contribution in [3.63, 3.8) is 0 Å². The maximum atomic E-state index is 13.6. The topological polar surface area (TPSA) is 80.5 Å². The Balaban J connectivity index is 2.16. The second-order valence-electron chi connectivity index (χ2n) is 5.93. The van der Waals surface area contributed by atoms with Gasteiger partial charge in [-0.1, -0.05) is 31.2 Å². The van der Waals surface area contributed by atoms with Crippen LogP contribution in [-0.2, 0) is 0 Å². The third kappa shape index (κ3) is 5.03. The smallest absolute Gasteiger partial charge is 0.146 e. The third-order valence-electron chi connectivity index (χ3n) is 3.72. The number of halogens is 1. The molecule has 2 rings (SSSR count). The number of rotatable bonds is 6. The molecule has 128 valence electrons. The minimum absolute atomic E-state index is 0.123. The normalized spacial score (nSPS) is 16.2. The van der Waals surface area contributed by atoms with Gasteiger partial charge in [-0.3, -0.25) is 10.0 Å². The van der Waals surface area contributed by atoms with Gasteiger partial charge in [0.1, 0.15) is 11.6 Å². The molecule has 6 heteroatoms. The van der Waals surface area contributed by atoms with Gasteiger partial charge in [0, 0.05) is 30.6 Å². The average Bonchev–Trinajstić information content (AvgIpc) is 2.76. The van der Waals surface area contributed by atoms with Crippen LogP contribution in [0.25, 0.3) is 0 Å². The molecule has 1 aromatic heterocycles. The first kappa shape index (κ1) is 17.9. The van der Waals surface area contributed by atoms with Crippen molar-refractivity contribution in [2.24, 2.45) is 16.6 Å². The Bertz CT molecular complexity index is 686. The highest BCUT2D eigenvalue weighted by Crippen LogP contribution is 2.26. The van der Waals surface area contributed by atoms with E-state index in [1.807, 2.05) is 24.3 Å². The summed E-state index contributed by atoms with van der Waals surface area (Å²) in [5.74, 6) is 7.39. The van der Waals surface area contributed by atoms with E-state index < -0.39 is 0 Å². The molecule has 0 amide bonds. The van der Waals surface area contributed by atoms with Crippen LogP contribution in [0, 0.1) is 0 Å². The molecule has 0 saturated heterocycles. The van der Waals surface area contributed by atoms with Gasteiger partial charge < -0.3 is 5.73 Å². The first-order valence-electron chi connectivity index (χ1n) is 7.91. The fourth-order valence-electron chi connectivity index (χ4n) is 2.50. The van der Waals surface area contributed by atoms with Crippen molar-refractivity contribution in [1.29, 1.82) is 0 Å². The number of hydrazine groups is 1. The van der Waals surface area contributed by atoms with E-state index in [1.165, 1.54) is 6.08 Å². The minimum atomic E-state index is -0.175. The molecule has 0 saturated carbocycles. The van der Waals surface area contributed by atoms with Crippen LogP contribution in [-0.4, -0.2) is 23.9 Å². The number of anilines is 1. The number of allylic oxidation sites excluding steroid dienone is 5. The van der Waals surface area contributed by atoms with Gasteiger partial charge in [-0.25, -0.2) is 15.2 Å². The predicted molar refractivity (Wildman–Crippen MR) is 97.4 cm³/mol. The molecule has 0 aliphatic heterocycles. The summed E-state index contributed by atoms with van der Waals surface area (Å²) in [5.41, 5.74) is 7.49. The number of amidine groups is 1. The van der Waals surface area contributed by atoms with E-state index in [9.17, 15) is 4.39 Å². The number of aromatic nitrogens is 1. The Kier molecular flexibility index (Phi) is 6.26. The lowest BCUT2D eigenvalue weighted by molar-refractivity contribution is 0.607. The lowest BCUT2D eigenvalue weighted by atomic mass is 10.0. The second kappa shape index (κ2) is 8.40. The molecule has 1 atom stereocenters. The lowest BCUT2D eigenvalue weighted by Gasteiger charge is -2.23. The van der Waals surface area contributed by atoms with Crippen molar-refractivity contribution in [2.45, 2.75) is 26.2 Å². The maximum absolute atomic E-state index is 13.6. The molecular weight excluding hydrogens is 305 g/mol. The van der Waals surface area contributed by atoms with Gasteiger partial charge in [0.15, 0.2) is 0 Å². The van der Waals surface area contributed by atoms with Crippen LogP contribution in [0.3, 0.4) is 0 Å². The van der Waals surface area contributed by atoms with Crippen LogP contribution >= 0.6 is 0 Å². The number of hydrogen-bond donors (Lipinski definition) is 2. The summed E-state index contributed by atoms with van der Waals surface area (Å²) in [6.07, 6.45) is 8.81. The Labute approximate surface area is 142 Å².